The van der Waals surface area contributed by atoms with Gasteiger partial charge >= 0.3 is 0 Å². The zero-order valence-electron chi connectivity index (χ0n) is 13.8. The van der Waals surface area contributed by atoms with E-state index in [4.69, 9.17) is 5.73 Å². The normalized spacial score (nSPS) is 20.6. The van der Waals surface area contributed by atoms with Gasteiger partial charge in [0.1, 0.15) is 0 Å². The molecule has 0 amide bonds. The first-order chi connectivity index (χ1) is 10.0. The van der Waals surface area contributed by atoms with Crippen molar-refractivity contribution in [2.75, 3.05) is 29.9 Å². The van der Waals surface area contributed by atoms with Crippen molar-refractivity contribution in [1.82, 2.24) is 0 Å². The van der Waals surface area contributed by atoms with Crippen molar-refractivity contribution in [2.24, 2.45) is 17.6 Å². The van der Waals surface area contributed by atoms with Crippen LogP contribution in [0, 0.1) is 11.8 Å². The van der Waals surface area contributed by atoms with Gasteiger partial charge < -0.3 is 16.0 Å². The number of anilines is 2. The molecule has 1 aromatic carbocycles. The van der Waals surface area contributed by atoms with Crippen molar-refractivity contribution in [1.29, 1.82) is 0 Å². The third-order valence-electron chi connectivity index (χ3n) is 4.23. The number of piperidine rings is 1. The number of nitrogens with one attached hydrogen (secondary N) is 1. The van der Waals surface area contributed by atoms with Crippen LogP contribution in [0.15, 0.2) is 24.3 Å². The average molecular weight is 289 g/mol. The summed E-state index contributed by atoms with van der Waals surface area (Å²) < 4.78 is 0. The number of benzene rings is 1. The van der Waals surface area contributed by atoms with E-state index in [0.717, 1.165) is 18.9 Å². The van der Waals surface area contributed by atoms with Crippen LogP contribution in [0.1, 0.15) is 40.0 Å². The van der Waals surface area contributed by atoms with E-state index in [1.807, 2.05) is 0 Å². The van der Waals surface area contributed by atoms with E-state index >= 15 is 0 Å². The Labute approximate surface area is 129 Å². The quantitative estimate of drug-likeness (QED) is 0.839. The van der Waals surface area contributed by atoms with Crippen molar-refractivity contribution >= 4 is 11.4 Å². The third-order valence-corrected chi connectivity index (χ3v) is 4.23. The van der Waals surface area contributed by atoms with E-state index in [1.54, 1.807) is 0 Å². The van der Waals surface area contributed by atoms with Crippen LogP contribution in [-0.2, 0) is 0 Å². The van der Waals surface area contributed by atoms with E-state index in [2.05, 4.69) is 55.3 Å². The SMILES string of the molecule is CC(C)CC(N)CNc1ccc(N2CCCC(C)C2)cc1. The first kappa shape index (κ1) is 16.2. The summed E-state index contributed by atoms with van der Waals surface area (Å²) in [6, 6.07) is 9.04. The monoisotopic (exact) mass is 289 g/mol. The largest absolute Gasteiger partial charge is 0.383 e. The first-order valence-electron chi connectivity index (χ1n) is 8.39. The van der Waals surface area contributed by atoms with E-state index in [9.17, 15) is 0 Å². The van der Waals surface area contributed by atoms with Gasteiger partial charge in [-0.1, -0.05) is 20.8 Å². The summed E-state index contributed by atoms with van der Waals surface area (Å²) in [7, 11) is 0. The zero-order chi connectivity index (χ0) is 15.2. The van der Waals surface area contributed by atoms with E-state index in [-0.39, 0.29) is 6.04 Å². The van der Waals surface area contributed by atoms with Crippen molar-refractivity contribution < 1.29 is 0 Å². The van der Waals surface area contributed by atoms with Crippen LogP contribution in [0.3, 0.4) is 0 Å². The standard InChI is InChI=1S/C18H31N3/c1-14(2)11-16(19)12-20-17-6-8-18(9-7-17)21-10-4-5-15(3)13-21/h6-9,14-16,20H,4-5,10-13,19H2,1-3H3. The number of nitrogens with zero attached hydrogens (tertiary/aromatic N) is 1. The van der Waals surface area contributed by atoms with Crippen molar-refractivity contribution in [3.8, 4) is 0 Å². The molecule has 1 fully saturated rings. The molecule has 1 aromatic rings. The fourth-order valence-electron chi connectivity index (χ4n) is 3.15. The van der Waals surface area contributed by atoms with Crippen LogP contribution in [0.4, 0.5) is 11.4 Å². The topological polar surface area (TPSA) is 41.3 Å². The smallest absolute Gasteiger partial charge is 0.0367 e. The summed E-state index contributed by atoms with van der Waals surface area (Å²) in [6.45, 7) is 10.0. The van der Waals surface area contributed by atoms with Gasteiger partial charge in [-0.2, -0.15) is 0 Å². The van der Waals surface area contributed by atoms with Gasteiger partial charge in [-0.25, -0.2) is 0 Å². The van der Waals surface area contributed by atoms with Gasteiger partial charge in [0.25, 0.3) is 0 Å². The summed E-state index contributed by atoms with van der Waals surface area (Å²) in [6.07, 6.45) is 3.74. The Morgan fingerprint density at radius 1 is 1.29 bits per heavy atom. The fourth-order valence-corrected chi connectivity index (χ4v) is 3.15. The van der Waals surface area contributed by atoms with Gasteiger partial charge in [0.15, 0.2) is 0 Å². The molecule has 1 heterocycles. The van der Waals surface area contributed by atoms with Gasteiger partial charge in [0.2, 0.25) is 0 Å². The molecule has 1 saturated heterocycles. The molecule has 0 bridgehead atoms. The summed E-state index contributed by atoms with van der Waals surface area (Å²) in [5, 5.41) is 3.45. The predicted octanol–water partition coefficient (Wildman–Crippen LogP) is 3.71. The lowest BCUT2D eigenvalue weighted by molar-refractivity contribution is 0.447. The minimum absolute atomic E-state index is 0.229. The molecule has 2 atom stereocenters. The van der Waals surface area contributed by atoms with Crippen molar-refractivity contribution in [2.45, 2.75) is 46.1 Å². The van der Waals surface area contributed by atoms with Gasteiger partial charge in [-0.3, -0.25) is 0 Å². The molecule has 0 aromatic heterocycles. The number of hydrogen-bond donors (Lipinski definition) is 2. The second-order valence-electron chi connectivity index (χ2n) is 7.01. The molecule has 0 aliphatic carbocycles. The van der Waals surface area contributed by atoms with Crippen LogP contribution < -0.4 is 16.0 Å². The Balaban J connectivity index is 1.84. The Bertz CT molecular complexity index is 413. The zero-order valence-corrected chi connectivity index (χ0v) is 13.8. The molecule has 1 aliphatic rings. The van der Waals surface area contributed by atoms with Gasteiger partial charge in [-0.15, -0.1) is 0 Å². The maximum Gasteiger partial charge on any atom is 0.0367 e. The minimum Gasteiger partial charge on any atom is -0.383 e. The fraction of sp³-hybridized carbons (Fsp3) is 0.667. The van der Waals surface area contributed by atoms with Crippen LogP contribution >= 0.6 is 0 Å². The summed E-state index contributed by atoms with van der Waals surface area (Å²) in [5.41, 5.74) is 8.63. The molecule has 0 spiro atoms. The molecule has 118 valence electrons. The number of rotatable bonds is 6. The highest BCUT2D eigenvalue weighted by Crippen LogP contribution is 2.24. The number of nitrogens with two attached hydrogens (primary N) is 1. The third kappa shape index (κ3) is 5.24. The Morgan fingerprint density at radius 2 is 2.00 bits per heavy atom. The Hall–Kier alpha value is -1.22. The van der Waals surface area contributed by atoms with Gasteiger partial charge in [0, 0.05) is 37.1 Å². The highest BCUT2D eigenvalue weighted by molar-refractivity contribution is 5.55. The molecule has 3 N–H and O–H groups in total. The van der Waals surface area contributed by atoms with Gasteiger partial charge in [-0.05, 0) is 55.4 Å². The van der Waals surface area contributed by atoms with E-state index in [1.165, 1.54) is 37.3 Å². The van der Waals surface area contributed by atoms with Crippen LogP contribution in [0.25, 0.3) is 0 Å². The first-order valence-corrected chi connectivity index (χ1v) is 8.39. The molecule has 3 heteroatoms. The maximum atomic E-state index is 6.11. The van der Waals surface area contributed by atoms with E-state index in [0.29, 0.717) is 5.92 Å². The Kier molecular flexibility index (Phi) is 5.92. The van der Waals surface area contributed by atoms with Crippen molar-refractivity contribution in [3.05, 3.63) is 24.3 Å². The highest BCUT2D eigenvalue weighted by Gasteiger charge is 2.16. The summed E-state index contributed by atoms with van der Waals surface area (Å²) in [5.74, 6) is 1.47. The van der Waals surface area contributed by atoms with Crippen molar-refractivity contribution in [3.63, 3.8) is 0 Å². The molecule has 0 radical (unpaired) electrons. The Morgan fingerprint density at radius 3 is 2.62 bits per heavy atom. The lowest BCUT2D eigenvalue weighted by Gasteiger charge is -2.32. The lowest BCUT2D eigenvalue weighted by Crippen LogP contribution is -2.34. The summed E-state index contributed by atoms with van der Waals surface area (Å²) in [4.78, 5) is 2.50. The average Bonchev–Trinajstić information content (AvgIpc) is 2.45. The predicted molar refractivity (Wildman–Crippen MR) is 93.0 cm³/mol. The summed E-state index contributed by atoms with van der Waals surface area (Å²) >= 11 is 0. The molecule has 0 saturated carbocycles. The van der Waals surface area contributed by atoms with Gasteiger partial charge in [0.05, 0.1) is 0 Å². The lowest BCUT2D eigenvalue weighted by atomic mass is 10.00. The van der Waals surface area contributed by atoms with Crippen LogP contribution in [0.2, 0.25) is 0 Å². The minimum atomic E-state index is 0.229. The molecule has 21 heavy (non-hydrogen) atoms. The molecular formula is C18H31N3. The second kappa shape index (κ2) is 7.69. The van der Waals surface area contributed by atoms with Crippen LogP contribution in [0.5, 0.6) is 0 Å². The molecule has 2 unspecified atom stereocenters. The molecular weight excluding hydrogens is 258 g/mol. The maximum absolute atomic E-state index is 6.11. The molecule has 3 nitrogen and oxygen atoms in total. The second-order valence-corrected chi connectivity index (χ2v) is 7.01. The molecule has 1 aliphatic heterocycles. The van der Waals surface area contributed by atoms with E-state index < -0.39 is 0 Å². The van der Waals surface area contributed by atoms with Crippen LogP contribution in [-0.4, -0.2) is 25.7 Å². The number of hydrogen-bond acceptors (Lipinski definition) is 3. The highest BCUT2D eigenvalue weighted by atomic mass is 15.1. The molecule has 2 rings (SSSR count).